The lowest BCUT2D eigenvalue weighted by Crippen LogP contribution is -2.29. The highest BCUT2D eigenvalue weighted by Crippen LogP contribution is 2.43. The summed E-state index contributed by atoms with van der Waals surface area (Å²) >= 11 is 0. The summed E-state index contributed by atoms with van der Waals surface area (Å²) in [5, 5.41) is 9.57. The average Bonchev–Trinajstić information content (AvgIpc) is 2.48. The van der Waals surface area contributed by atoms with E-state index >= 15 is 0 Å². The number of carboxylic acids is 1. The molecule has 3 unspecified atom stereocenters. The van der Waals surface area contributed by atoms with E-state index in [1.165, 1.54) is 5.56 Å². The second kappa shape index (κ2) is 6.50. The second-order valence-corrected chi connectivity index (χ2v) is 6.32. The van der Waals surface area contributed by atoms with Crippen LogP contribution in [0.3, 0.4) is 0 Å². The van der Waals surface area contributed by atoms with Gasteiger partial charge in [0.15, 0.2) is 0 Å². The first-order valence-electron chi connectivity index (χ1n) is 7.85. The molecule has 1 fully saturated rings. The van der Waals surface area contributed by atoms with Gasteiger partial charge in [-0.1, -0.05) is 19.4 Å². The van der Waals surface area contributed by atoms with Gasteiger partial charge in [-0.05, 0) is 67.7 Å². The Morgan fingerprint density at radius 1 is 1.29 bits per heavy atom. The molecule has 0 radical (unpaired) electrons. The lowest BCUT2D eigenvalue weighted by atomic mass is 9.69. The summed E-state index contributed by atoms with van der Waals surface area (Å²) in [6.45, 7) is 6.29. The monoisotopic (exact) mass is 290 g/mol. The van der Waals surface area contributed by atoms with Gasteiger partial charge in [-0.2, -0.15) is 0 Å². The second-order valence-electron chi connectivity index (χ2n) is 6.32. The highest BCUT2D eigenvalue weighted by Gasteiger charge is 2.36. The first kappa shape index (κ1) is 15.9. The molecule has 0 bridgehead atoms. The summed E-state index contributed by atoms with van der Waals surface area (Å²) in [4.78, 5) is 11.6. The maximum absolute atomic E-state index is 11.6. The zero-order valence-corrected chi connectivity index (χ0v) is 13.5. The van der Waals surface area contributed by atoms with Crippen molar-refractivity contribution in [2.24, 2.45) is 11.8 Å². The molecule has 3 atom stereocenters. The molecule has 1 aliphatic rings. The lowest BCUT2D eigenvalue weighted by molar-refractivity contribution is -0.143. The van der Waals surface area contributed by atoms with Crippen LogP contribution in [0.1, 0.15) is 55.2 Å². The molecule has 1 saturated carbocycles. The quantitative estimate of drug-likeness (QED) is 0.899. The Morgan fingerprint density at radius 3 is 2.57 bits per heavy atom. The number of rotatable bonds is 4. The largest absolute Gasteiger partial charge is 0.496 e. The fourth-order valence-corrected chi connectivity index (χ4v) is 3.70. The van der Waals surface area contributed by atoms with Crippen LogP contribution in [0.5, 0.6) is 5.75 Å². The van der Waals surface area contributed by atoms with E-state index in [-0.39, 0.29) is 11.8 Å². The van der Waals surface area contributed by atoms with Gasteiger partial charge in [-0.15, -0.1) is 0 Å². The van der Waals surface area contributed by atoms with Gasteiger partial charge in [0.1, 0.15) is 5.75 Å². The number of carboxylic acid groups (broad SMARTS) is 1. The highest BCUT2D eigenvalue weighted by molar-refractivity contribution is 5.72. The molecule has 0 aliphatic heterocycles. The average molecular weight is 290 g/mol. The Bertz CT molecular complexity index is 521. The zero-order valence-electron chi connectivity index (χ0n) is 13.5. The van der Waals surface area contributed by atoms with Crippen molar-refractivity contribution in [3.63, 3.8) is 0 Å². The van der Waals surface area contributed by atoms with Crippen LogP contribution >= 0.6 is 0 Å². The van der Waals surface area contributed by atoms with Gasteiger partial charge in [0, 0.05) is 0 Å². The lowest BCUT2D eigenvalue weighted by Gasteiger charge is -2.35. The zero-order chi connectivity index (χ0) is 15.6. The van der Waals surface area contributed by atoms with Crippen molar-refractivity contribution in [3.05, 3.63) is 28.8 Å². The molecule has 3 heteroatoms. The molecule has 0 amide bonds. The topological polar surface area (TPSA) is 46.5 Å². The molecule has 0 heterocycles. The number of carbonyl (C=O) groups is 1. The molecular formula is C18H26O3. The fraction of sp³-hybridized carbons (Fsp3) is 0.611. The number of methoxy groups -OCH3 is 1. The van der Waals surface area contributed by atoms with Gasteiger partial charge in [-0.3, -0.25) is 4.79 Å². The Balaban J connectivity index is 2.40. The highest BCUT2D eigenvalue weighted by atomic mass is 16.5. The van der Waals surface area contributed by atoms with Crippen molar-refractivity contribution in [2.45, 2.75) is 52.4 Å². The van der Waals surface area contributed by atoms with E-state index in [0.29, 0.717) is 5.92 Å². The van der Waals surface area contributed by atoms with Gasteiger partial charge >= 0.3 is 5.97 Å². The molecule has 3 nitrogen and oxygen atoms in total. The van der Waals surface area contributed by atoms with Crippen molar-refractivity contribution in [1.82, 2.24) is 0 Å². The van der Waals surface area contributed by atoms with E-state index in [1.54, 1.807) is 7.11 Å². The molecule has 2 rings (SSSR count). The van der Waals surface area contributed by atoms with Gasteiger partial charge in [0.2, 0.25) is 0 Å². The minimum absolute atomic E-state index is 0.130. The van der Waals surface area contributed by atoms with Crippen LogP contribution in [0, 0.1) is 25.7 Å². The molecule has 1 aliphatic carbocycles. The summed E-state index contributed by atoms with van der Waals surface area (Å²) in [6.07, 6.45) is 3.96. The minimum atomic E-state index is -0.651. The smallest absolute Gasteiger partial charge is 0.307 e. The van der Waals surface area contributed by atoms with Crippen molar-refractivity contribution in [1.29, 1.82) is 0 Å². The molecule has 1 aromatic rings. The van der Waals surface area contributed by atoms with Crippen molar-refractivity contribution >= 4 is 5.97 Å². The number of hydrogen-bond donors (Lipinski definition) is 1. The molecule has 0 spiro atoms. The molecule has 116 valence electrons. The van der Waals surface area contributed by atoms with Crippen molar-refractivity contribution in [3.8, 4) is 5.75 Å². The van der Waals surface area contributed by atoms with Crippen molar-refractivity contribution < 1.29 is 14.6 Å². The summed E-state index contributed by atoms with van der Waals surface area (Å²) in [5.74, 6) is 0.755. The summed E-state index contributed by atoms with van der Waals surface area (Å²) in [7, 11) is 1.68. The Labute approximate surface area is 127 Å². The normalized spacial score (nSPS) is 25.6. The summed E-state index contributed by atoms with van der Waals surface area (Å²) < 4.78 is 5.37. The minimum Gasteiger partial charge on any atom is -0.496 e. The van der Waals surface area contributed by atoms with E-state index in [1.807, 2.05) is 13.0 Å². The van der Waals surface area contributed by atoms with E-state index in [9.17, 15) is 9.90 Å². The van der Waals surface area contributed by atoms with Gasteiger partial charge in [0.25, 0.3) is 0 Å². The Morgan fingerprint density at radius 2 is 2.00 bits per heavy atom. The van der Waals surface area contributed by atoms with Crippen LogP contribution in [-0.4, -0.2) is 18.2 Å². The predicted octanol–water partition coefficient (Wildman–Crippen LogP) is 4.31. The standard InChI is InChI=1S/C18H26O3/c1-5-13-6-7-14(18(19)20)16(10-13)15-8-12(3)17(21-4)9-11(15)2/h8-9,13-14,16H,5-7,10H2,1-4H3,(H,19,20). The Kier molecular flexibility index (Phi) is 4.92. The molecular weight excluding hydrogens is 264 g/mol. The summed E-state index contributed by atoms with van der Waals surface area (Å²) in [5.41, 5.74) is 3.42. The predicted molar refractivity (Wildman–Crippen MR) is 84.0 cm³/mol. The van der Waals surface area contributed by atoms with Crippen LogP contribution in [0.4, 0.5) is 0 Å². The third-order valence-electron chi connectivity index (χ3n) is 5.04. The van der Waals surface area contributed by atoms with Crippen LogP contribution < -0.4 is 4.74 Å². The number of aryl methyl sites for hydroxylation is 2. The van der Waals surface area contributed by atoms with Crippen LogP contribution in [0.15, 0.2) is 12.1 Å². The summed E-state index contributed by atoms with van der Waals surface area (Å²) in [6, 6.07) is 4.17. The van der Waals surface area contributed by atoms with E-state index in [0.717, 1.165) is 42.6 Å². The number of aliphatic carboxylic acids is 1. The maximum atomic E-state index is 11.6. The molecule has 1 N–H and O–H groups in total. The number of hydrogen-bond acceptors (Lipinski definition) is 2. The maximum Gasteiger partial charge on any atom is 0.307 e. The van der Waals surface area contributed by atoms with Gasteiger partial charge < -0.3 is 9.84 Å². The molecule has 21 heavy (non-hydrogen) atoms. The third kappa shape index (κ3) is 3.22. The Hall–Kier alpha value is -1.51. The van der Waals surface area contributed by atoms with Crippen molar-refractivity contribution in [2.75, 3.05) is 7.11 Å². The SMILES string of the molecule is CCC1CCC(C(=O)O)C(c2cc(C)c(OC)cc2C)C1. The molecule has 0 aromatic heterocycles. The first-order valence-corrected chi connectivity index (χ1v) is 7.85. The molecule has 1 aromatic carbocycles. The van der Waals surface area contributed by atoms with Crippen LogP contribution in [-0.2, 0) is 4.79 Å². The fourth-order valence-electron chi connectivity index (χ4n) is 3.70. The van der Waals surface area contributed by atoms with Gasteiger partial charge in [0.05, 0.1) is 13.0 Å². The number of ether oxygens (including phenoxy) is 1. The van der Waals surface area contributed by atoms with Gasteiger partial charge in [-0.25, -0.2) is 0 Å². The van der Waals surface area contributed by atoms with E-state index < -0.39 is 5.97 Å². The van der Waals surface area contributed by atoms with E-state index in [2.05, 4.69) is 19.9 Å². The van der Waals surface area contributed by atoms with Crippen LogP contribution in [0.25, 0.3) is 0 Å². The number of benzene rings is 1. The van der Waals surface area contributed by atoms with E-state index in [4.69, 9.17) is 4.74 Å². The van der Waals surface area contributed by atoms with Crippen LogP contribution in [0.2, 0.25) is 0 Å². The molecule has 0 saturated heterocycles. The third-order valence-corrected chi connectivity index (χ3v) is 5.04. The first-order chi connectivity index (χ1) is 9.97.